The van der Waals surface area contributed by atoms with Crippen LogP contribution in [0.3, 0.4) is 0 Å². The first-order valence-electron chi connectivity index (χ1n) is 17.6. The van der Waals surface area contributed by atoms with Crippen molar-refractivity contribution in [1.82, 2.24) is 19.5 Å². The molecule has 55 heavy (non-hydrogen) atoms. The molecular weight excluding hydrogens is 841 g/mol. The van der Waals surface area contributed by atoms with Gasteiger partial charge in [0.2, 0.25) is 0 Å². The van der Waals surface area contributed by atoms with Gasteiger partial charge in [-0.25, -0.2) is 15.0 Å². The molecule has 9 rings (SSSR count). The molecule has 0 fully saturated rings. The molecule has 5 heterocycles. The van der Waals surface area contributed by atoms with E-state index in [0.29, 0.717) is 0 Å². The van der Waals surface area contributed by atoms with E-state index in [1.165, 1.54) is 41.8 Å². The van der Waals surface area contributed by atoms with E-state index in [2.05, 4.69) is 128 Å². The van der Waals surface area contributed by atoms with E-state index >= 15 is 0 Å². The largest absolute Gasteiger partial charge is 0.281 e. The molecule has 11 heteroatoms. The molecule has 0 aliphatic heterocycles. The van der Waals surface area contributed by atoms with Crippen molar-refractivity contribution in [3.05, 3.63) is 176 Å². The van der Waals surface area contributed by atoms with Crippen molar-refractivity contribution < 1.29 is 0 Å². The molecule has 0 unspecified atom stereocenters. The first kappa shape index (κ1) is 38.3. The molecule has 0 aliphatic rings. The van der Waals surface area contributed by atoms with Gasteiger partial charge in [-0.3, -0.25) is 4.57 Å². The zero-order chi connectivity index (χ0) is 37.8. The predicted molar refractivity (Wildman–Crippen MR) is 251 cm³/mol. The van der Waals surface area contributed by atoms with Gasteiger partial charge in [-0.2, -0.15) is 0 Å². The number of aromatic nitrogens is 4. The average molecular weight is 881 g/mol. The first-order chi connectivity index (χ1) is 27.2. The fourth-order valence-corrected chi connectivity index (χ4v) is 8.63. The fourth-order valence-electron chi connectivity index (χ4n) is 6.11. The Morgan fingerprint density at radius 1 is 0.564 bits per heavy atom. The van der Waals surface area contributed by atoms with Gasteiger partial charge in [-0.15, -0.1) is 22.7 Å². The van der Waals surface area contributed by atoms with Crippen molar-refractivity contribution >= 4 is 96.1 Å². The molecule has 0 amide bonds. The maximum atomic E-state index is 6.12. The van der Waals surface area contributed by atoms with E-state index in [1.807, 2.05) is 80.2 Å². The molecule has 0 saturated carbocycles. The molecule has 269 valence electrons. The molecule has 9 aromatic rings. The Labute approximate surface area is 355 Å². The summed E-state index contributed by atoms with van der Waals surface area (Å²) in [5, 5.41) is 6.91. The van der Waals surface area contributed by atoms with Crippen molar-refractivity contribution in [3.63, 3.8) is 0 Å². The summed E-state index contributed by atoms with van der Waals surface area (Å²) < 4.78 is 8.20. The van der Waals surface area contributed by atoms with Crippen LogP contribution in [0.25, 0.3) is 58.6 Å². The summed E-state index contributed by atoms with van der Waals surface area (Å²) in [6.45, 7) is 0. The van der Waals surface area contributed by atoms with Gasteiger partial charge >= 0.3 is 28.5 Å². The van der Waals surface area contributed by atoms with Crippen LogP contribution >= 0.6 is 44.8 Å². The Balaban J connectivity index is 0.000000175. The number of anilines is 3. The number of imidazole rings is 1. The summed E-state index contributed by atoms with van der Waals surface area (Å²) >= 11 is 2.79. The second-order valence-corrected chi connectivity index (χ2v) is 13.9. The van der Waals surface area contributed by atoms with Crippen LogP contribution in [-0.4, -0.2) is 50.2 Å². The number of hydrogen-bond donors (Lipinski definition) is 2. The van der Waals surface area contributed by atoms with Gasteiger partial charge in [0.05, 0.1) is 36.4 Å². The van der Waals surface area contributed by atoms with Crippen LogP contribution in [0, 0.1) is 0 Å². The molecule has 0 atom stereocenters. The number of thiophene rings is 2. The number of benzene rings is 4. The second kappa shape index (κ2) is 19.5. The number of rotatable bonds is 8. The van der Waals surface area contributed by atoms with Crippen LogP contribution in [0.15, 0.2) is 176 Å². The van der Waals surface area contributed by atoms with E-state index in [9.17, 15) is 0 Å². The Morgan fingerprint density at radius 2 is 1.02 bits per heavy atom. The average Bonchev–Trinajstić information content (AvgIpc) is 3.97. The number of hydrogen-bond acceptors (Lipinski definition) is 7. The zero-order valence-corrected chi connectivity index (χ0v) is 36.3. The third kappa shape index (κ3) is 8.94. The van der Waals surface area contributed by atoms with Gasteiger partial charge in [-0.1, -0.05) is 133 Å². The molecule has 5 aromatic heterocycles. The second-order valence-electron chi connectivity index (χ2n) is 11.8. The van der Waals surface area contributed by atoms with Gasteiger partial charge in [0.1, 0.15) is 40.8 Å². The minimum Gasteiger partial charge on any atom is -0.281 e. The molecule has 4 aromatic carbocycles. The van der Waals surface area contributed by atoms with Gasteiger partial charge in [0, 0.05) is 19.4 Å². The van der Waals surface area contributed by atoms with Crippen LogP contribution in [0.4, 0.5) is 17.2 Å². The van der Waals surface area contributed by atoms with Crippen molar-refractivity contribution in [2.24, 2.45) is 0 Å². The third-order valence-corrected chi connectivity index (χ3v) is 11.1. The summed E-state index contributed by atoms with van der Waals surface area (Å²) in [4.78, 5) is 18.5. The van der Waals surface area contributed by atoms with Gasteiger partial charge in [0.15, 0.2) is 0 Å². The maximum absolute atomic E-state index is 6.12. The van der Waals surface area contributed by atoms with Gasteiger partial charge < -0.3 is 10.6 Å². The minimum atomic E-state index is -0.780. The number of pyridine rings is 2. The monoisotopic (exact) mass is 880 g/mol. The van der Waals surface area contributed by atoms with Crippen molar-refractivity contribution in [1.29, 1.82) is 0.594 Å². The van der Waals surface area contributed by atoms with Crippen molar-refractivity contribution in [2.75, 3.05) is 17.7 Å². The fraction of sp³-hybridized carbons (Fsp3) is 0.0227. The molecule has 3 radical (unpaired) electrons. The SMILES string of the molecule is CNc1c(-c2ccccc2)sc(-c2ccccc2)c1Nc1ccccn1.[2H][IH][B].[AlH2].c1ccc(-c2sc(-c3ccccc3)c3c2ncn3-c2ccccn2)cc1. The number of halogens is 1. The minimum absolute atomic E-state index is 0. The van der Waals surface area contributed by atoms with Crippen molar-refractivity contribution in [2.45, 2.75) is 0 Å². The van der Waals surface area contributed by atoms with Crippen LogP contribution in [0.5, 0.6) is 0 Å². The van der Waals surface area contributed by atoms with Crippen LogP contribution in [0.2, 0.25) is 0 Å². The Hall–Kier alpha value is -5.02. The smallest absolute Gasteiger partial charge is 0.146 e. The zero-order valence-electron chi connectivity index (χ0n) is 31.3. The molecule has 0 saturated heterocycles. The Morgan fingerprint density at radius 3 is 1.51 bits per heavy atom. The summed E-state index contributed by atoms with van der Waals surface area (Å²) in [5.74, 6) is 1.71. The van der Waals surface area contributed by atoms with Crippen LogP contribution < -0.4 is 10.6 Å². The van der Waals surface area contributed by atoms with Crippen LogP contribution in [-0.2, 0) is 0 Å². The molecule has 2 N–H and O–H groups in total. The van der Waals surface area contributed by atoms with E-state index in [-0.39, 0.29) is 17.4 Å². The third-order valence-electron chi connectivity index (χ3n) is 8.52. The van der Waals surface area contributed by atoms with E-state index in [4.69, 9.17) is 5.58 Å². The first-order valence-corrected chi connectivity index (χ1v) is 20.2. The predicted octanol–water partition coefficient (Wildman–Crippen LogP) is 11.1. The normalized spacial score (nSPS) is 10.6. The molecule has 6 nitrogen and oxygen atoms in total. The number of nitrogens with one attached hydrogen (secondary N) is 2. The molecule has 0 aliphatic carbocycles. The summed E-state index contributed by atoms with van der Waals surface area (Å²) in [6, 6.07) is 53.7. The molecule has 0 spiro atoms. The molecular formula is C44H38AlBIN6S2. The summed E-state index contributed by atoms with van der Waals surface area (Å²) in [5.41, 5.74) is 13.7. The summed E-state index contributed by atoms with van der Waals surface area (Å²) in [7, 11) is 1.97. The van der Waals surface area contributed by atoms with Gasteiger partial charge in [0.25, 0.3) is 0 Å². The number of nitrogens with zero attached hydrogens (tertiary/aromatic N) is 4. The van der Waals surface area contributed by atoms with E-state index < -0.39 is 22.2 Å². The topological polar surface area (TPSA) is 67.7 Å². The Kier molecular flexibility index (Phi) is 13.6. The van der Waals surface area contributed by atoms with E-state index in [1.54, 1.807) is 28.9 Å². The summed E-state index contributed by atoms with van der Waals surface area (Å²) in [6.07, 6.45) is 5.49. The maximum Gasteiger partial charge on any atom is 0.146 e. The standard InChI is InChI=1S/C22H15N3S.C22H19N3S.Al.BH2I.2H/c1-3-9-16(10-4-1)21-19-20(22(26-21)17-11-5-2-6-12-17)25(15-24-19)18-13-7-8-14-23-18;1-23-19-20(25-18-14-8-9-15-24-18)22(17-12-6-3-7-13-17)26-21(19)16-10-4-2-5-11-16;;1-2;;/h1-15H;2-15,23H,1H3,(H,24,25);;2H2;;/i;;;2D;;. The van der Waals surface area contributed by atoms with Crippen LogP contribution in [0.1, 0.15) is 0 Å². The van der Waals surface area contributed by atoms with E-state index in [0.717, 1.165) is 34.0 Å². The molecule has 0 bridgehead atoms. The Bertz CT molecular complexity index is 2510. The van der Waals surface area contributed by atoms with Gasteiger partial charge in [-0.05, 0) is 46.5 Å². The number of fused-ring (bicyclic) bond motifs is 1. The quantitative estimate of drug-likeness (QED) is 0.118. The van der Waals surface area contributed by atoms with Crippen molar-refractivity contribution in [3.8, 4) is 47.6 Å².